The first kappa shape index (κ1) is 17.6. The summed E-state index contributed by atoms with van der Waals surface area (Å²) >= 11 is 0. The first-order chi connectivity index (χ1) is 11.4. The van der Waals surface area contributed by atoms with Crippen LogP contribution in [0.4, 0.5) is 0 Å². The third-order valence-corrected chi connectivity index (χ3v) is 3.95. The van der Waals surface area contributed by atoms with Gasteiger partial charge in [-0.25, -0.2) is 4.79 Å². The number of nitriles is 1. The Morgan fingerprint density at radius 1 is 1.25 bits per heavy atom. The van der Waals surface area contributed by atoms with Crippen molar-refractivity contribution in [1.82, 2.24) is 5.32 Å². The number of esters is 1. The van der Waals surface area contributed by atoms with E-state index in [-0.39, 0.29) is 11.5 Å². The van der Waals surface area contributed by atoms with Gasteiger partial charge in [-0.2, -0.15) is 5.26 Å². The van der Waals surface area contributed by atoms with Gasteiger partial charge in [0.15, 0.2) is 6.61 Å². The van der Waals surface area contributed by atoms with Crippen molar-refractivity contribution >= 4 is 11.9 Å². The number of methoxy groups -OCH3 is 2. The maximum atomic E-state index is 12.1. The van der Waals surface area contributed by atoms with Crippen LogP contribution in [-0.4, -0.2) is 38.2 Å². The maximum absolute atomic E-state index is 12.1. The first-order valence-electron chi connectivity index (χ1n) is 7.54. The molecule has 1 aliphatic rings. The molecule has 0 bridgehead atoms. The second-order valence-electron chi connectivity index (χ2n) is 5.81. The van der Waals surface area contributed by atoms with Crippen LogP contribution in [0.1, 0.15) is 30.1 Å². The average Bonchev–Trinajstić information content (AvgIpc) is 3.44. The molecule has 0 unspecified atom stereocenters. The quantitative estimate of drug-likeness (QED) is 0.763. The third kappa shape index (κ3) is 4.16. The maximum Gasteiger partial charge on any atom is 0.338 e. The van der Waals surface area contributed by atoms with Crippen molar-refractivity contribution < 1.29 is 23.8 Å². The van der Waals surface area contributed by atoms with Gasteiger partial charge < -0.3 is 19.5 Å². The topological polar surface area (TPSA) is 97.7 Å². The monoisotopic (exact) mass is 332 g/mol. The Labute approximate surface area is 140 Å². The molecule has 128 valence electrons. The highest BCUT2D eigenvalue weighted by atomic mass is 16.5. The molecule has 7 heteroatoms. The lowest BCUT2D eigenvalue weighted by atomic mass is 9.98. The normalized spacial score (nSPS) is 15.6. The molecule has 24 heavy (non-hydrogen) atoms. The standard InChI is InChI=1S/C17H20N2O5/c1-17(10-18,12-4-5-12)19-15(20)9-24-16(21)11-6-13(22-2)8-14(7-11)23-3/h6-8,12H,4-5,9H2,1-3H3,(H,19,20)/t17-/m0/s1. The van der Waals surface area contributed by atoms with Crippen molar-refractivity contribution in [2.24, 2.45) is 5.92 Å². The SMILES string of the molecule is COc1cc(OC)cc(C(=O)OCC(=O)N[C@@](C)(C#N)C2CC2)c1. The summed E-state index contributed by atoms with van der Waals surface area (Å²) in [5, 5.41) is 11.8. The number of nitrogens with one attached hydrogen (secondary N) is 1. The number of hydrogen-bond donors (Lipinski definition) is 1. The molecule has 7 nitrogen and oxygen atoms in total. The molecule has 0 spiro atoms. The fraction of sp³-hybridized carbons (Fsp3) is 0.471. The van der Waals surface area contributed by atoms with Gasteiger partial charge in [-0.15, -0.1) is 0 Å². The number of benzene rings is 1. The summed E-state index contributed by atoms with van der Waals surface area (Å²) < 4.78 is 15.2. The zero-order valence-corrected chi connectivity index (χ0v) is 13.9. The minimum atomic E-state index is -0.914. The van der Waals surface area contributed by atoms with Crippen molar-refractivity contribution in [3.63, 3.8) is 0 Å². The Kier molecular flexibility index (Phi) is 5.29. The zero-order valence-electron chi connectivity index (χ0n) is 13.9. The van der Waals surface area contributed by atoms with E-state index in [2.05, 4.69) is 11.4 Å². The molecule has 2 rings (SSSR count). The number of rotatable bonds is 7. The first-order valence-corrected chi connectivity index (χ1v) is 7.54. The van der Waals surface area contributed by atoms with Gasteiger partial charge in [0.1, 0.15) is 17.0 Å². The fourth-order valence-corrected chi connectivity index (χ4v) is 2.35. The Morgan fingerprint density at radius 2 is 1.83 bits per heavy atom. The molecular formula is C17H20N2O5. The molecule has 1 atom stereocenters. The molecule has 1 aliphatic carbocycles. The van der Waals surface area contributed by atoms with Gasteiger partial charge in [-0.05, 0) is 37.8 Å². The van der Waals surface area contributed by atoms with Crippen LogP contribution in [0.25, 0.3) is 0 Å². The Hall–Kier alpha value is -2.75. The van der Waals surface area contributed by atoms with Gasteiger partial charge in [-0.1, -0.05) is 0 Å². The highest BCUT2D eigenvalue weighted by Crippen LogP contribution is 2.39. The second-order valence-corrected chi connectivity index (χ2v) is 5.81. The number of carbonyl (C=O) groups excluding carboxylic acids is 2. The Balaban J connectivity index is 1.95. The van der Waals surface area contributed by atoms with E-state index in [9.17, 15) is 14.9 Å². The van der Waals surface area contributed by atoms with Crippen molar-refractivity contribution in [2.75, 3.05) is 20.8 Å². The van der Waals surface area contributed by atoms with Crippen LogP contribution in [0.15, 0.2) is 18.2 Å². The van der Waals surface area contributed by atoms with E-state index in [0.29, 0.717) is 11.5 Å². The number of carbonyl (C=O) groups is 2. The minimum absolute atomic E-state index is 0.157. The largest absolute Gasteiger partial charge is 0.497 e. The van der Waals surface area contributed by atoms with Crippen LogP contribution >= 0.6 is 0 Å². The zero-order chi connectivity index (χ0) is 17.7. The van der Waals surface area contributed by atoms with E-state index in [1.807, 2.05) is 0 Å². The van der Waals surface area contributed by atoms with Crippen LogP contribution in [0.2, 0.25) is 0 Å². The summed E-state index contributed by atoms with van der Waals surface area (Å²) in [6, 6.07) is 6.72. The highest BCUT2D eigenvalue weighted by Gasteiger charge is 2.43. The summed E-state index contributed by atoms with van der Waals surface area (Å²) in [7, 11) is 2.94. The fourth-order valence-electron chi connectivity index (χ4n) is 2.35. The summed E-state index contributed by atoms with van der Waals surface area (Å²) in [5.41, 5.74) is -0.702. The van der Waals surface area contributed by atoms with Crippen molar-refractivity contribution in [3.05, 3.63) is 23.8 Å². The molecule has 0 radical (unpaired) electrons. The van der Waals surface area contributed by atoms with E-state index < -0.39 is 24.0 Å². The molecule has 0 heterocycles. The molecule has 1 saturated carbocycles. The lowest BCUT2D eigenvalue weighted by molar-refractivity contribution is -0.125. The molecular weight excluding hydrogens is 312 g/mol. The summed E-state index contributed by atoms with van der Waals surface area (Å²) in [6.07, 6.45) is 1.82. The van der Waals surface area contributed by atoms with E-state index in [1.165, 1.54) is 26.4 Å². The minimum Gasteiger partial charge on any atom is -0.497 e. The lowest BCUT2D eigenvalue weighted by Crippen LogP contribution is -2.48. The van der Waals surface area contributed by atoms with E-state index in [4.69, 9.17) is 14.2 Å². The van der Waals surface area contributed by atoms with Gasteiger partial charge in [0.05, 0.1) is 25.9 Å². The van der Waals surface area contributed by atoms with E-state index >= 15 is 0 Å². The predicted molar refractivity (Wildman–Crippen MR) is 84.7 cm³/mol. The number of ether oxygens (including phenoxy) is 3. The lowest BCUT2D eigenvalue weighted by Gasteiger charge is -2.22. The number of hydrogen-bond acceptors (Lipinski definition) is 6. The average molecular weight is 332 g/mol. The van der Waals surface area contributed by atoms with E-state index in [0.717, 1.165) is 12.8 Å². The van der Waals surface area contributed by atoms with Crippen LogP contribution in [-0.2, 0) is 9.53 Å². The van der Waals surface area contributed by atoms with Gasteiger partial charge in [0.2, 0.25) is 0 Å². The van der Waals surface area contributed by atoms with Gasteiger partial charge in [-0.3, -0.25) is 4.79 Å². The van der Waals surface area contributed by atoms with Crippen molar-refractivity contribution in [1.29, 1.82) is 5.26 Å². The molecule has 1 aromatic carbocycles. The molecule has 1 fully saturated rings. The van der Waals surface area contributed by atoms with Crippen LogP contribution in [0, 0.1) is 17.2 Å². The summed E-state index contributed by atoms with van der Waals surface area (Å²) in [4.78, 5) is 24.0. The van der Waals surface area contributed by atoms with Gasteiger partial charge in [0, 0.05) is 6.07 Å². The molecule has 0 aromatic heterocycles. The molecule has 0 saturated heterocycles. The smallest absolute Gasteiger partial charge is 0.338 e. The van der Waals surface area contributed by atoms with Gasteiger partial charge >= 0.3 is 5.97 Å². The number of amides is 1. The Bertz CT molecular complexity index is 656. The van der Waals surface area contributed by atoms with Crippen LogP contribution in [0.5, 0.6) is 11.5 Å². The molecule has 0 aliphatic heterocycles. The van der Waals surface area contributed by atoms with E-state index in [1.54, 1.807) is 13.0 Å². The number of nitrogens with zero attached hydrogens (tertiary/aromatic N) is 1. The van der Waals surface area contributed by atoms with Crippen molar-refractivity contribution in [3.8, 4) is 17.6 Å². The summed E-state index contributed by atoms with van der Waals surface area (Å²) in [5.74, 6) is -0.139. The predicted octanol–water partition coefficient (Wildman–Crippen LogP) is 1.67. The van der Waals surface area contributed by atoms with Gasteiger partial charge in [0.25, 0.3) is 5.91 Å². The summed E-state index contributed by atoms with van der Waals surface area (Å²) in [6.45, 7) is 1.22. The molecule has 1 N–H and O–H groups in total. The Morgan fingerprint density at radius 3 is 2.29 bits per heavy atom. The van der Waals surface area contributed by atoms with Crippen LogP contribution in [0.3, 0.4) is 0 Å². The molecule has 1 amide bonds. The second kappa shape index (κ2) is 7.21. The highest BCUT2D eigenvalue weighted by molar-refractivity contribution is 5.92. The third-order valence-electron chi connectivity index (χ3n) is 3.95. The molecule has 1 aromatic rings. The van der Waals surface area contributed by atoms with Crippen molar-refractivity contribution in [2.45, 2.75) is 25.3 Å². The van der Waals surface area contributed by atoms with Crippen LogP contribution < -0.4 is 14.8 Å².